The highest BCUT2D eigenvalue weighted by Crippen LogP contribution is 2.57. The predicted molar refractivity (Wildman–Crippen MR) is 113 cm³/mol. The smallest absolute Gasteiger partial charge is 0.339 e. The van der Waals surface area contributed by atoms with Crippen LogP contribution in [0.25, 0.3) is 0 Å². The Morgan fingerprint density at radius 2 is 1.68 bits per heavy atom. The Morgan fingerprint density at radius 1 is 1.00 bits per heavy atom. The molecule has 0 bridgehead atoms. The number of anilines is 1. The Balaban J connectivity index is 1.42. The molecule has 0 aliphatic carbocycles. The molecule has 2 heterocycles. The zero-order valence-electron chi connectivity index (χ0n) is 17.0. The number of nitrogens with zero attached hydrogens (tertiary/aromatic N) is 1. The molecule has 0 radical (unpaired) electrons. The number of ether oxygens (including phenoxy) is 3. The molecule has 1 fully saturated rings. The summed E-state index contributed by atoms with van der Waals surface area (Å²) in [7, 11) is 1.56. The van der Waals surface area contributed by atoms with Gasteiger partial charge in [0.15, 0.2) is 6.10 Å². The van der Waals surface area contributed by atoms with Gasteiger partial charge in [-0.15, -0.1) is 0 Å². The first-order valence-electron chi connectivity index (χ1n) is 10.1. The van der Waals surface area contributed by atoms with Gasteiger partial charge in [-0.05, 0) is 29.3 Å². The number of benzene rings is 3. The summed E-state index contributed by atoms with van der Waals surface area (Å²) in [5.74, 6) is -0.215. The summed E-state index contributed by atoms with van der Waals surface area (Å²) in [5.41, 5.74) is 1.85. The second kappa shape index (κ2) is 7.56. The van der Waals surface area contributed by atoms with Gasteiger partial charge in [0.1, 0.15) is 12.4 Å². The summed E-state index contributed by atoms with van der Waals surface area (Å²) in [5, 5.41) is 0. The van der Waals surface area contributed by atoms with Crippen LogP contribution in [0.1, 0.15) is 16.7 Å². The molecule has 0 N–H and O–H groups in total. The zero-order valence-corrected chi connectivity index (χ0v) is 17.0. The van der Waals surface area contributed by atoms with Gasteiger partial charge in [0.25, 0.3) is 5.91 Å². The number of hydrogen-bond donors (Lipinski definition) is 0. The zero-order chi connectivity index (χ0) is 21.4. The highest BCUT2D eigenvalue weighted by molar-refractivity contribution is 6.12. The first kappa shape index (κ1) is 19.3. The van der Waals surface area contributed by atoms with Gasteiger partial charge in [-0.25, -0.2) is 4.79 Å². The van der Waals surface area contributed by atoms with E-state index in [1.165, 1.54) is 0 Å². The summed E-state index contributed by atoms with van der Waals surface area (Å²) in [6, 6.07) is 24.5. The van der Waals surface area contributed by atoms with Crippen LogP contribution in [0.4, 0.5) is 5.69 Å². The first-order valence-corrected chi connectivity index (χ1v) is 10.1. The molecule has 6 nitrogen and oxygen atoms in total. The molecule has 6 heteroatoms. The monoisotopic (exact) mass is 415 g/mol. The van der Waals surface area contributed by atoms with Gasteiger partial charge in [-0.2, -0.15) is 0 Å². The minimum atomic E-state index is -1.35. The molecule has 0 saturated carbocycles. The fourth-order valence-corrected chi connectivity index (χ4v) is 4.06. The van der Waals surface area contributed by atoms with Crippen LogP contribution < -0.4 is 9.64 Å². The van der Waals surface area contributed by atoms with Crippen LogP contribution in [-0.2, 0) is 37.8 Å². The molecule has 1 amide bonds. The van der Waals surface area contributed by atoms with Crippen LogP contribution in [0, 0.1) is 0 Å². The number of epoxide rings is 1. The average molecular weight is 415 g/mol. The van der Waals surface area contributed by atoms with Crippen molar-refractivity contribution in [1.82, 2.24) is 0 Å². The Hall–Kier alpha value is -3.64. The number of carbonyl (C=O) groups is 2. The van der Waals surface area contributed by atoms with Crippen LogP contribution in [-0.4, -0.2) is 25.1 Å². The van der Waals surface area contributed by atoms with Gasteiger partial charge >= 0.3 is 5.97 Å². The fraction of sp³-hybridized carbons (Fsp3) is 0.200. The van der Waals surface area contributed by atoms with Gasteiger partial charge in [-0.3, -0.25) is 4.79 Å². The Morgan fingerprint density at radius 3 is 2.35 bits per heavy atom. The van der Waals surface area contributed by atoms with E-state index in [4.69, 9.17) is 14.2 Å². The lowest BCUT2D eigenvalue weighted by molar-refractivity contribution is -0.146. The maximum absolute atomic E-state index is 13.5. The van der Waals surface area contributed by atoms with E-state index >= 15 is 0 Å². The largest absolute Gasteiger partial charge is 0.497 e. The number of methoxy groups -OCH3 is 1. The van der Waals surface area contributed by atoms with E-state index in [1.807, 2.05) is 66.7 Å². The lowest BCUT2D eigenvalue weighted by Gasteiger charge is -2.17. The molecular formula is C25H21NO5. The minimum absolute atomic E-state index is 0.127. The first-order chi connectivity index (χ1) is 15.1. The molecule has 0 unspecified atom stereocenters. The number of amides is 1. The molecule has 0 aromatic heterocycles. The van der Waals surface area contributed by atoms with E-state index < -0.39 is 17.7 Å². The van der Waals surface area contributed by atoms with E-state index in [2.05, 4.69) is 0 Å². The third-order valence-corrected chi connectivity index (χ3v) is 5.69. The van der Waals surface area contributed by atoms with Crippen LogP contribution in [0.5, 0.6) is 5.75 Å². The second-order valence-electron chi connectivity index (χ2n) is 7.59. The van der Waals surface area contributed by atoms with Gasteiger partial charge < -0.3 is 19.1 Å². The van der Waals surface area contributed by atoms with Crippen molar-refractivity contribution in [1.29, 1.82) is 0 Å². The van der Waals surface area contributed by atoms with Crippen molar-refractivity contribution in [3.63, 3.8) is 0 Å². The molecule has 2 atom stereocenters. The summed E-state index contributed by atoms with van der Waals surface area (Å²) in [6.07, 6.45) is -0.977. The van der Waals surface area contributed by atoms with Crippen molar-refractivity contribution in [3.8, 4) is 5.75 Å². The minimum Gasteiger partial charge on any atom is -0.497 e. The molecule has 31 heavy (non-hydrogen) atoms. The lowest BCUT2D eigenvalue weighted by Crippen LogP contribution is -2.35. The summed E-state index contributed by atoms with van der Waals surface area (Å²) in [4.78, 5) is 27.9. The quantitative estimate of drug-likeness (QED) is 0.455. The third-order valence-electron chi connectivity index (χ3n) is 5.69. The second-order valence-corrected chi connectivity index (χ2v) is 7.59. The van der Waals surface area contributed by atoms with Crippen molar-refractivity contribution in [2.75, 3.05) is 12.0 Å². The predicted octanol–water partition coefficient (Wildman–Crippen LogP) is 3.58. The van der Waals surface area contributed by atoms with Gasteiger partial charge in [0.2, 0.25) is 5.60 Å². The molecule has 1 saturated heterocycles. The topological polar surface area (TPSA) is 68.4 Å². The summed E-state index contributed by atoms with van der Waals surface area (Å²) in [6.45, 7) is 0.512. The standard InChI is InChI=1S/C25H21NO5/c1-29-19-12-13-21-20(14-19)25(24(28)26(21)15-17-8-4-2-5-9-17)22(31-25)23(27)30-16-18-10-6-3-7-11-18/h2-14,22H,15-16H2,1H3/t22-,25+/m1/s1. The third kappa shape index (κ3) is 3.25. The van der Waals surface area contributed by atoms with E-state index in [0.29, 0.717) is 23.5 Å². The van der Waals surface area contributed by atoms with Gasteiger partial charge in [0, 0.05) is 5.56 Å². The Bertz CT molecular complexity index is 1130. The van der Waals surface area contributed by atoms with Crippen molar-refractivity contribution >= 4 is 17.6 Å². The van der Waals surface area contributed by atoms with Crippen LogP contribution in [0.2, 0.25) is 0 Å². The van der Waals surface area contributed by atoms with Crippen molar-refractivity contribution < 1.29 is 23.8 Å². The Kier molecular flexibility index (Phi) is 4.71. The lowest BCUT2D eigenvalue weighted by atomic mass is 9.96. The number of rotatable bonds is 6. The van der Waals surface area contributed by atoms with Gasteiger partial charge in [0.05, 0.1) is 19.3 Å². The van der Waals surface area contributed by atoms with Crippen molar-refractivity contribution in [3.05, 3.63) is 95.6 Å². The molecule has 3 aromatic carbocycles. The number of esters is 1. The maximum Gasteiger partial charge on any atom is 0.339 e. The van der Waals surface area contributed by atoms with Crippen molar-refractivity contribution in [2.45, 2.75) is 24.9 Å². The highest BCUT2D eigenvalue weighted by atomic mass is 16.7. The number of carbonyl (C=O) groups excluding carboxylic acids is 2. The average Bonchev–Trinajstić information content (AvgIpc) is 3.54. The molecule has 2 aliphatic heterocycles. The summed E-state index contributed by atoms with van der Waals surface area (Å²) >= 11 is 0. The van der Waals surface area contributed by atoms with Crippen LogP contribution >= 0.6 is 0 Å². The van der Waals surface area contributed by atoms with Crippen molar-refractivity contribution in [2.24, 2.45) is 0 Å². The van der Waals surface area contributed by atoms with E-state index in [1.54, 1.807) is 24.1 Å². The molecule has 1 spiro atoms. The molecule has 3 aromatic rings. The molecular weight excluding hydrogens is 394 g/mol. The number of fused-ring (bicyclic) bond motifs is 2. The molecule has 156 valence electrons. The maximum atomic E-state index is 13.5. The van der Waals surface area contributed by atoms with E-state index in [-0.39, 0.29) is 12.5 Å². The van der Waals surface area contributed by atoms with E-state index in [0.717, 1.165) is 11.1 Å². The molecule has 2 aliphatic rings. The van der Waals surface area contributed by atoms with Crippen LogP contribution in [0.15, 0.2) is 78.9 Å². The molecule has 5 rings (SSSR count). The Labute approximate surface area is 180 Å². The highest BCUT2D eigenvalue weighted by Gasteiger charge is 2.73. The fourth-order valence-electron chi connectivity index (χ4n) is 4.06. The van der Waals surface area contributed by atoms with Gasteiger partial charge in [-0.1, -0.05) is 60.7 Å². The van der Waals surface area contributed by atoms with E-state index in [9.17, 15) is 9.59 Å². The van der Waals surface area contributed by atoms with Crippen LogP contribution in [0.3, 0.4) is 0 Å². The number of hydrogen-bond acceptors (Lipinski definition) is 5. The normalized spacial score (nSPS) is 21.1. The SMILES string of the molecule is COc1ccc2c(c1)[C@@]1(O[C@@H]1C(=O)OCc1ccccc1)C(=O)N2Cc1ccccc1. The summed E-state index contributed by atoms with van der Waals surface area (Å²) < 4.78 is 16.6.